The molecular formula is C15H21NO6. The lowest BCUT2D eigenvalue weighted by Gasteiger charge is -2.07. The van der Waals surface area contributed by atoms with Gasteiger partial charge in [0.15, 0.2) is 0 Å². The van der Waals surface area contributed by atoms with E-state index in [1.165, 1.54) is 26.0 Å². The Hall–Kier alpha value is -2.41. The fraction of sp³-hybridized carbons (Fsp3) is 0.400. The largest absolute Gasteiger partial charge is 0.478 e. The van der Waals surface area contributed by atoms with Crippen molar-refractivity contribution in [2.45, 2.75) is 13.8 Å². The van der Waals surface area contributed by atoms with Crippen LogP contribution in [-0.4, -0.2) is 55.2 Å². The topological polar surface area (TPSA) is 93.1 Å². The van der Waals surface area contributed by atoms with Gasteiger partial charge in [-0.25, -0.2) is 4.79 Å². The van der Waals surface area contributed by atoms with Crippen LogP contribution < -0.4 is 4.74 Å². The average Bonchev–Trinajstić information content (AvgIpc) is 2.38. The lowest BCUT2D eigenvalue weighted by atomic mass is 10.2. The molecule has 0 heterocycles. The molecule has 0 saturated carbocycles. The molecule has 0 aliphatic rings. The Bertz CT molecular complexity index is 513. The van der Waals surface area contributed by atoms with E-state index in [0.29, 0.717) is 6.61 Å². The highest BCUT2D eigenvalue weighted by Gasteiger charge is 2.10. The highest BCUT2D eigenvalue weighted by atomic mass is 16.5. The zero-order valence-electron chi connectivity index (χ0n) is 13.2. The number of nitrogens with zero attached hydrogens (tertiary/aromatic N) is 1. The second-order valence-corrected chi connectivity index (χ2v) is 4.54. The molecule has 0 fully saturated rings. The van der Waals surface area contributed by atoms with Gasteiger partial charge in [0.1, 0.15) is 17.9 Å². The van der Waals surface area contributed by atoms with E-state index in [0.717, 1.165) is 6.54 Å². The number of carboxylic acid groups (broad SMARTS) is 1. The normalized spacial score (nSPS) is 9.50. The molecule has 0 bridgehead atoms. The summed E-state index contributed by atoms with van der Waals surface area (Å²) < 4.78 is 9.36. The highest BCUT2D eigenvalue weighted by molar-refractivity contribution is 5.91. The molecule has 0 aliphatic heterocycles. The molecule has 0 saturated heterocycles. The Balaban J connectivity index is 0.000000433. The third-order valence-corrected chi connectivity index (χ3v) is 2.21. The summed E-state index contributed by atoms with van der Waals surface area (Å²) in [4.78, 5) is 33.3. The van der Waals surface area contributed by atoms with Crippen LogP contribution in [0.1, 0.15) is 24.2 Å². The maximum absolute atomic E-state index is 10.6. The van der Waals surface area contributed by atoms with Gasteiger partial charge >= 0.3 is 17.9 Å². The van der Waals surface area contributed by atoms with Gasteiger partial charge in [0, 0.05) is 20.4 Å². The number of carbonyl (C=O) groups excluding carboxylic acids is 2. The number of para-hydroxylation sites is 1. The van der Waals surface area contributed by atoms with Crippen LogP contribution in [0.5, 0.6) is 5.75 Å². The van der Waals surface area contributed by atoms with E-state index in [1.54, 1.807) is 12.1 Å². The molecule has 0 amide bonds. The monoisotopic (exact) mass is 311 g/mol. The Morgan fingerprint density at radius 2 is 1.68 bits per heavy atom. The molecule has 1 rings (SSSR count). The number of hydrogen-bond acceptors (Lipinski definition) is 6. The lowest BCUT2D eigenvalue weighted by molar-refractivity contribution is -0.141. The van der Waals surface area contributed by atoms with Crippen molar-refractivity contribution in [1.82, 2.24) is 4.90 Å². The summed E-state index contributed by atoms with van der Waals surface area (Å²) in [6, 6.07) is 5.98. The molecule has 0 aliphatic carbocycles. The third kappa shape index (κ3) is 9.49. The molecule has 0 atom stereocenters. The minimum atomic E-state index is -1.11. The molecule has 7 heteroatoms. The summed E-state index contributed by atoms with van der Waals surface area (Å²) in [5, 5.41) is 8.69. The number of benzene rings is 1. The molecule has 1 N–H and O–H groups in total. The van der Waals surface area contributed by atoms with Crippen LogP contribution in [0.15, 0.2) is 24.3 Å². The summed E-state index contributed by atoms with van der Waals surface area (Å²) in [5.41, 5.74) is -0.0160. The van der Waals surface area contributed by atoms with Gasteiger partial charge in [-0.05, 0) is 26.2 Å². The van der Waals surface area contributed by atoms with E-state index >= 15 is 0 Å². The Morgan fingerprint density at radius 3 is 2.14 bits per heavy atom. The van der Waals surface area contributed by atoms with Crippen LogP contribution in [0.2, 0.25) is 0 Å². The predicted octanol–water partition coefficient (Wildman–Crippen LogP) is 1.42. The Labute approximate surface area is 129 Å². The van der Waals surface area contributed by atoms with Gasteiger partial charge in [0.05, 0.1) is 0 Å². The van der Waals surface area contributed by atoms with E-state index < -0.39 is 11.9 Å². The number of carbonyl (C=O) groups is 3. The number of ether oxygens (including phenoxy) is 2. The second-order valence-electron chi connectivity index (χ2n) is 4.54. The van der Waals surface area contributed by atoms with Crippen molar-refractivity contribution in [3.05, 3.63) is 29.8 Å². The third-order valence-electron chi connectivity index (χ3n) is 2.21. The van der Waals surface area contributed by atoms with Gasteiger partial charge in [-0.2, -0.15) is 0 Å². The van der Waals surface area contributed by atoms with Gasteiger partial charge < -0.3 is 19.5 Å². The van der Waals surface area contributed by atoms with Crippen LogP contribution in [0.25, 0.3) is 0 Å². The molecular weight excluding hydrogens is 290 g/mol. The minimum absolute atomic E-state index is 0.0160. The number of likely N-dealkylation sites (N-methyl/N-ethyl adjacent to an activating group) is 1. The molecule has 0 radical (unpaired) electrons. The summed E-state index contributed by atoms with van der Waals surface area (Å²) in [7, 11) is 3.87. The van der Waals surface area contributed by atoms with Crippen LogP contribution in [-0.2, 0) is 14.3 Å². The highest BCUT2D eigenvalue weighted by Crippen LogP contribution is 2.17. The fourth-order valence-electron chi connectivity index (χ4n) is 1.26. The average molecular weight is 311 g/mol. The van der Waals surface area contributed by atoms with Gasteiger partial charge in [-0.1, -0.05) is 12.1 Å². The maximum Gasteiger partial charge on any atom is 0.339 e. The number of carboxylic acids is 1. The van der Waals surface area contributed by atoms with Crippen molar-refractivity contribution in [1.29, 1.82) is 0 Å². The summed E-state index contributed by atoms with van der Waals surface area (Å²) in [5.74, 6) is -1.79. The van der Waals surface area contributed by atoms with Crippen molar-refractivity contribution in [2.75, 3.05) is 27.2 Å². The first kappa shape index (κ1) is 19.6. The maximum atomic E-state index is 10.6. The quantitative estimate of drug-likeness (QED) is 0.649. The smallest absolute Gasteiger partial charge is 0.339 e. The van der Waals surface area contributed by atoms with Crippen LogP contribution in [0.3, 0.4) is 0 Å². The lowest BCUT2D eigenvalue weighted by Crippen LogP contribution is -2.19. The van der Waals surface area contributed by atoms with E-state index in [9.17, 15) is 14.4 Å². The van der Waals surface area contributed by atoms with Crippen molar-refractivity contribution in [2.24, 2.45) is 0 Å². The predicted molar refractivity (Wildman–Crippen MR) is 79.9 cm³/mol. The zero-order valence-corrected chi connectivity index (χ0v) is 13.2. The van der Waals surface area contributed by atoms with E-state index in [4.69, 9.17) is 5.11 Å². The summed E-state index contributed by atoms with van der Waals surface area (Å²) >= 11 is 0. The number of rotatable bonds is 5. The fourth-order valence-corrected chi connectivity index (χ4v) is 1.26. The van der Waals surface area contributed by atoms with Gasteiger partial charge in [0.2, 0.25) is 0 Å². The molecule has 0 unspecified atom stereocenters. The Morgan fingerprint density at radius 1 is 1.09 bits per heavy atom. The SMILES string of the molecule is CC(=O)OCCN(C)C.CC(=O)Oc1ccccc1C(=O)O. The summed E-state index contributed by atoms with van der Waals surface area (Å²) in [6.07, 6.45) is 0. The first-order valence-electron chi connectivity index (χ1n) is 6.53. The number of aromatic carboxylic acids is 1. The van der Waals surface area contributed by atoms with Crippen LogP contribution in [0.4, 0.5) is 0 Å². The van der Waals surface area contributed by atoms with Gasteiger partial charge in [-0.3, -0.25) is 9.59 Å². The van der Waals surface area contributed by atoms with Crippen LogP contribution in [0, 0.1) is 0 Å². The number of esters is 2. The van der Waals surface area contributed by atoms with Gasteiger partial charge in [-0.15, -0.1) is 0 Å². The zero-order chi connectivity index (χ0) is 17.1. The molecule has 7 nitrogen and oxygen atoms in total. The minimum Gasteiger partial charge on any atom is -0.478 e. The van der Waals surface area contributed by atoms with Crippen molar-refractivity contribution in [3.8, 4) is 5.75 Å². The standard InChI is InChI=1S/C9H8O4.C6H13NO2/c1-6(10)13-8-5-3-2-4-7(8)9(11)12;1-6(8)9-5-4-7(2)3/h2-5H,1H3,(H,11,12);4-5H2,1-3H3. The molecule has 1 aromatic carbocycles. The molecule has 0 aromatic heterocycles. The Kier molecular flexibility index (Phi) is 9.20. The van der Waals surface area contributed by atoms with Crippen molar-refractivity contribution in [3.63, 3.8) is 0 Å². The second kappa shape index (κ2) is 10.3. The summed E-state index contributed by atoms with van der Waals surface area (Å²) in [6.45, 7) is 3.91. The first-order valence-corrected chi connectivity index (χ1v) is 6.53. The van der Waals surface area contributed by atoms with E-state index in [-0.39, 0.29) is 17.3 Å². The first-order chi connectivity index (χ1) is 10.2. The molecule has 22 heavy (non-hydrogen) atoms. The number of hydrogen-bond donors (Lipinski definition) is 1. The molecule has 122 valence electrons. The van der Waals surface area contributed by atoms with Crippen LogP contribution >= 0.6 is 0 Å². The van der Waals surface area contributed by atoms with Gasteiger partial charge in [0.25, 0.3) is 0 Å². The van der Waals surface area contributed by atoms with Crippen molar-refractivity contribution >= 4 is 17.9 Å². The molecule has 1 aromatic rings. The van der Waals surface area contributed by atoms with Crippen molar-refractivity contribution < 1.29 is 29.0 Å². The van der Waals surface area contributed by atoms with E-state index in [2.05, 4.69) is 9.47 Å². The van der Waals surface area contributed by atoms with E-state index in [1.807, 2.05) is 19.0 Å². The molecule has 0 spiro atoms.